The van der Waals surface area contributed by atoms with Crippen LogP contribution in [0, 0.1) is 17.8 Å². The highest BCUT2D eigenvalue weighted by molar-refractivity contribution is 5.87. The number of rotatable bonds is 7. The van der Waals surface area contributed by atoms with Gasteiger partial charge in [0.15, 0.2) is 11.5 Å². The summed E-state index contributed by atoms with van der Waals surface area (Å²) in [4.78, 5) is 29.2. The molecule has 0 aromatic carbocycles. The third-order valence-electron chi connectivity index (χ3n) is 9.75. The van der Waals surface area contributed by atoms with Crippen molar-refractivity contribution in [1.29, 1.82) is 0 Å². The standard InChI is InChI=1S/C28H40N8O3/c1-16-9-11-18(12-10-16)15-36-22-23(29-17(2)19-5-3-6-19)30-25(26-33-34-28(37)39-26)31-24(22)32-27(36)35-13-14-38-21-8-4-7-20(21)35/h16-21H,3-15H2,1-2H3,(H,34,37)(H,29,30,31)/t16-,17-,18-,20?,21?/m1/s1. The van der Waals surface area contributed by atoms with E-state index < -0.39 is 5.76 Å². The van der Waals surface area contributed by atoms with Crippen LogP contribution in [0.4, 0.5) is 11.8 Å². The summed E-state index contributed by atoms with van der Waals surface area (Å²) in [6, 6.07) is 0.601. The Bertz CT molecular complexity index is 1370. The summed E-state index contributed by atoms with van der Waals surface area (Å²) in [5.41, 5.74) is 1.56. The van der Waals surface area contributed by atoms with Crippen LogP contribution in [0.25, 0.3) is 22.9 Å². The smallest absolute Gasteiger partial charge is 0.384 e. The molecule has 3 aliphatic carbocycles. The predicted molar refractivity (Wildman–Crippen MR) is 148 cm³/mol. The number of hydrogen-bond donors (Lipinski definition) is 2. The van der Waals surface area contributed by atoms with Crippen molar-refractivity contribution in [1.82, 2.24) is 29.7 Å². The van der Waals surface area contributed by atoms with E-state index in [4.69, 9.17) is 24.1 Å². The van der Waals surface area contributed by atoms with Gasteiger partial charge in [0.1, 0.15) is 5.52 Å². The van der Waals surface area contributed by atoms with Crippen molar-refractivity contribution in [3.05, 3.63) is 10.6 Å². The number of H-pyrrole nitrogens is 1. The molecule has 1 aliphatic heterocycles. The van der Waals surface area contributed by atoms with E-state index in [1.165, 1.54) is 51.4 Å². The third-order valence-corrected chi connectivity index (χ3v) is 9.75. The maximum atomic E-state index is 11.7. The van der Waals surface area contributed by atoms with Crippen molar-refractivity contribution >= 4 is 22.9 Å². The van der Waals surface area contributed by atoms with Crippen molar-refractivity contribution in [3.63, 3.8) is 0 Å². The van der Waals surface area contributed by atoms with Crippen molar-refractivity contribution in [2.45, 2.75) is 103 Å². The Kier molecular flexibility index (Phi) is 6.57. The Morgan fingerprint density at radius 2 is 1.87 bits per heavy atom. The molecule has 39 heavy (non-hydrogen) atoms. The SMILES string of the molecule is C[C@@H](Nc1nc(-c2n[nH]c(=O)o2)nc2nc(N3CCOC4CCCC43)n(C[C@H]3CC[C@H](C)CC3)c12)C1CCC1. The third kappa shape index (κ3) is 4.72. The molecule has 0 amide bonds. The topological polar surface area (TPSA) is 127 Å². The van der Waals surface area contributed by atoms with E-state index in [-0.39, 0.29) is 23.9 Å². The minimum absolute atomic E-state index is 0.0841. The number of aromatic nitrogens is 6. The lowest BCUT2D eigenvalue weighted by Gasteiger charge is -2.39. The highest BCUT2D eigenvalue weighted by Crippen LogP contribution is 2.39. The summed E-state index contributed by atoms with van der Waals surface area (Å²) in [7, 11) is 0. The Balaban J connectivity index is 1.36. The second-order valence-corrected chi connectivity index (χ2v) is 12.4. The van der Waals surface area contributed by atoms with Gasteiger partial charge in [-0.25, -0.2) is 19.9 Å². The molecule has 210 valence electrons. The molecule has 4 heterocycles. The van der Waals surface area contributed by atoms with Gasteiger partial charge in [-0.2, -0.15) is 4.98 Å². The van der Waals surface area contributed by atoms with Gasteiger partial charge in [-0.05, 0) is 69.6 Å². The summed E-state index contributed by atoms with van der Waals surface area (Å²) in [5.74, 6) is 3.47. The second kappa shape index (κ2) is 10.2. The monoisotopic (exact) mass is 536 g/mol. The average Bonchev–Trinajstić information content (AvgIpc) is 3.63. The molecule has 2 unspecified atom stereocenters. The van der Waals surface area contributed by atoms with Crippen LogP contribution in [0.3, 0.4) is 0 Å². The van der Waals surface area contributed by atoms with Crippen molar-refractivity contribution in [2.24, 2.45) is 17.8 Å². The van der Waals surface area contributed by atoms with E-state index in [1.807, 2.05) is 0 Å². The summed E-state index contributed by atoms with van der Waals surface area (Å²) in [6.45, 7) is 7.04. The number of fused-ring (bicyclic) bond motifs is 2. The van der Waals surface area contributed by atoms with E-state index >= 15 is 0 Å². The van der Waals surface area contributed by atoms with Gasteiger partial charge in [0.25, 0.3) is 5.89 Å². The number of imidazole rings is 1. The molecular weight excluding hydrogens is 496 g/mol. The first-order valence-corrected chi connectivity index (χ1v) is 15.0. The van der Waals surface area contributed by atoms with Gasteiger partial charge in [-0.15, -0.1) is 5.10 Å². The highest BCUT2D eigenvalue weighted by Gasteiger charge is 2.39. The first kappa shape index (κ1) is 25.0. The molecule has 2 N–H and O–H groups in total. The summed E-state index contributed by atoms with van der Waals surface area (Å²) >= 11 is 0. The largest absolute Gasteiger partial charge is 0.434 e. The van der Waals surface area contributed by atoms with Crippen LogP contribution in [0.1, 0.15) is 78.1 Å². The molecule has 11 heteroatoms. The highest BCUT2D eigenvalue weighted by atomic mass is 16.5. The maximum absolute atomic E-state index is 11.7. The molecule has 3 saturated carbocycles. The normalized spacial score (nSPS) is 28.4. The van der Waals surface area contributed by atoms with Gasteiger partial charge in [0.05, 0.1) is 18.8 Å². The number of hydrogen-bond acceptors (Lipinski definition) is 9. The molecule has 4 fully saturated rings. The molecule has 3 aromatic heterocycles. The fourth-order valence-electron chi connectivity index (χ4n) is 7.16. The molecule has 11 nitrogen and oxygen atoms in total. The van der Waals surface area contributed by atoms with E-state index in [1.54, 1.807) is 0 Å². The maximum Gasteiger partial charge on any atom is 0.434 e. The van der Waals surface area contributed by atoms with Crippen LogP contribution in [0.2, 0.25) is 0 Å². The molecular formula is C28H40N8O3. The first-order chi connectivity index (χ1) is 19.0. The Hall–Kier alpha value is -2.95. The molecule has 3 aromatic rings. The van der Waals surface area contributed by atoms with E-state index in [9.17, 15) is 4.79 Å². The zero-order valence-corrected chi connectivity index (χ0v) is 23.1. The lowest BCUT2D eigenvalue weighted by molar-refractivity contribution is 0.0247. The van der Waals surface area contributed by atoms with E-state index in [2.05, 4.69) is 38.8 Å². The number of nitrogens with zero attached hydrogens (tertiary/aromatic N) is 6. The molecule has 1 saturated heterocycles. The molecule has 3 atom stereocenters. The minimum Gasteiger partial charge on any atom is -0.384 e. The fourth-order valence-corrected chi connectivity index (χ4v) is 7.16. The van der Waals surface area contributed by atoms with Gasteiger partial charge >= 0.3 is 5.76 Å². The van der Waals surface area contributed by atoms with Crippen LogP contribution >= 0.6 is 0 Å². The van der Waals surface area contributed by atoms with Crippen LogP contribution in [0.15, 0.2) is 9.21 Å². The Labute approximate surface area is 228 Å². The van der Waals surface area contributed by atoms with Gasteiger partial charge < -0.3 is 23.9 Å². The first-order valence-electron chi connectivity index (χ1n) is 15.0. The quantitative estimate of drug-likeness (QED) is 0.453. The molecule has 0 radical (unpaired) electrons. The number of morpholine rings is 1. The summed E-state index contributed by atoms with van der Waals surface area (Å²) in [5, 5.41) is 10.1. The van der Waals surface area contributed by atoms with Crippen LogP contribution < -0.4 is 16.0 Å². The number of aromatic amines is 1. The zero-order valence-electron chi connectivity index (χ0n) is 23.1. The summed E-state index contributed by atoms with van der Waals surface area (Å²) in [6.07, 6.45) is 12.4. The molecule has 0 bridgehead atoms. The Morgan fingerprint density at radius 3 is 2.62 bits per heavy atom. The summed E-state index contributed by atoms with van der Waals surface area (Å²) < 4.78 is 13.8. The van der Waals surface area contributed by atoms with Gasteiger partial charge in [-0.3, -0.25) is 0 Å². The second-order valence-electron chi connectivity index (χ2n) is 12.4. The average molecular weight is 537 g/mol. The Morgan fingerprint density at radius 1 is 1.05 bits per heavy atom. The number of anilines is 2. The fraction of sp³-hybridized carbons (Fsp3) is 0.750. The molecule has 7 rings (SSSR count). The van der Waals surface area contributed by atoms with E-state index in [0.29, 0.717) is 30.1 Å². The van der Waals surface area contributed by atoms with Crippen molar-refractivity contribution < 1.29 is 9.15 Å². The van der Waals surface area contributed by atoms with Crippen LogP contribution in [-0.2, 0) is 11.3 Å². The number of ether oxygens (including phenoxy) is 1. The van der Waals surface area contributed by atoms with Crippen LogP contribution in [0.5, 0.6) is 0 Å². The number of nitrogens with one attached hydrogen (secondary N) is 2. The lowest BCUT2D eigenvalue weighted by atomic mass is 9.80. The molecule has 0 spiro atoms. The van der Waals surface area contributed by atoms with Crippen LogP contribution in [-0.4, -0.2) is 61.1 Å². The van der Waals surface area contributed by atoms with Gasteiger partial charge in [0, 0.05) is 19.1 Å². The van der Waals surface area contributed by atoms with Crippen molar-refractivity contribution in [2.75, 3.05) is 23.4 Å². The van der Waals surface area contributed by atoms with Gasteiger partial charge in [-0.1, -0.05) is 26.2 Å². The minimum atomic E-state index is -0.621. The zero-order chi connectivity index (χ0) is 26.5. The van der Waals surface area contributed by atoms with Gasteiger partial charge in [0.2, 0.25) is 11.8 Å². The van der Waals surface area contributed by atoms with E-state index in [0.717, 1.165) is 49.1 Å². The predicted octanol–water partition coefficient (Wildman–Crippen LogP) is 4.35. The van der Waals surface area contributed by atoms with Crippen molar-refractivity contribution in [3.8, 4) is 11.7 Å². The lowest BCUT2D eigenvalue weighted by Crippen LogP contribution is -2.49. The molecule has 4 aliphatic rings.